The zero-order valence-corrected chi connectivity index (χ0v) is 11.0. The second kappa shape index (κ2) is 5.87. The van der Waals surface area contributed by atoms with Crippen LogP contribution in [0.5, 0.6) is 0 Å². The maximum Gasteiger partial charge on any atom is 0.391 e. The molecule has 0 bridgehead atoms. The van der Waals surface area contributed by atoms with Gasteiger partial charge >= 0.3 is 11.9 Å². The largest absolute Gasteiger partial charge is 0.391 e. The molecule has 2 rings (SSSR count). The third-order valence-electron chi connectivity index (χ3n) is 3.65. The van der Waals surface area contributed by atoms with Gasteiger partial charge in [-0.3, -0.25) is 10.1 Å². The highest BCUT2D eigenvalue weighted by molar-refractivity contribution is 5.52. The zero-order chi connectivity index (χ0) is 15.6. The van der Waals surface area contributed by atoms with Gasteiger partial charge in [0.15, 0.2) is 0 Å². The standard InChI is InChI=1S/C13H14F4N2O2/c14-11-5-4-10(7-12(11)19(20)21)18-9-3-1-2-8(6-9)13(15,16)17/h4-5,7-9,18H,1-3,6H2. The second-order valence-electron chi connectivity index (χ2n) is 5.17. The predicted molar refractivity (Wildman–Crippen MR) is 68.5 cm³/mol. The first-order valence-corrected chi connectivity index (χ1v) is 6.54. The van der Waals surface area contributed by atoms with Gasteiger partial charge in [0.05, 0.1) is 10.8 Å². The molecule has 116 valence electrons. The van der Waals surface area contributed by atoms with Gasteiger partial charge in [-0.15, -0.1) is 0 Å². The topological polar surface area (TPSA) is 55.2 Å². The van der Waals surface area contributed by atoms with Crippen LogP contribution in [0.25, 0.3) is 0 Å². The van der Waals surface area contributed by atoms with Gasteiger partial charge in [0.2, 0.25) is 5.82 Å². The van der Waals surface area contributed by atoms with Crippen molar-refractivity contribution >= 4 is 11.4 Å². The van der Waals surface area contributed by atoms with E-state index in [2.05, 4.69) is 5.32 Å². The Labute approximate surface area is 118 Å². The van der Waals surface area contributed by atoms with Crippen molar-refractivity contribution in [1.29, 1.82) is 0 Å². The molecule has 4 nitrogen and oxygen atoms in total. The number of hydrogen-bond acceptors (Lipinski definition) is 3. The van der Waals surface area contributed by atoms with Crippen molar-refractivity contribution in [3.8, 4) is 0 Å². The Morgan fingerprint density at radius 3 is 2.62 bits per heavy atom. The first-order chi connectivity index (χ1) is 9.77. The SMILES string of the molecule is O=[N+]([O-])c1cc(NC2CCCC(C(F)(F)F)C2)ccc1F. The van der Waals surface area contributed by atoms with Crippen LogP contribution in [0.4, 0.5) is 28.9 Å². The van der Waals surface area contributed by atoms with E-state index < -0.39 is 34.6 Å². The van der Waals surface area contributed by atoms with Crippen LogP contribution in [0.3, 0.4) is 0 Å². The summed E-state index contributed by atoms with van der Waals surface area (Å²) < 4.78 is 51.3. The lowest BCUT2D eigenvalue weighted by molar-refractivity contribution is -0.387. The average molecular weight is 306 g/mol. The number of nitro benzene ring substituents is 1. The molecule has 1 aliphatic rings. The van der Waals surface area contributed by atoms with Crippen LogP contribution in [-0.2, 0) is 0 Å². The summed E-state index contributed by atoms with van der Waals surface area (Å²) in [6.45, 7) is 0. The van der Waals surface area contributed by atoms with Gasteiger partial charge in [-0.25, -0.2) is 0 Å². The molecule has 1 fully saturated rings. The van der Waals surface area contributed by atoms with E-state index in [0.717, 1.165) is 12.1 Å². The molecule has 1 aliphatic carbocycles. The summed E-state index contributed by atoms with van der Waals surface area (Å²) >= 11 is 0. The van der Waals surface area contributed by atoms with Crippen LogP contribution < -0.4 is 5.32 Å². The summed E-state index contributed by atoms with van der Waals surface area (Å²) in [5.41, 5.74) is -0.431. The zero-order valence-electron chi connectivity index (χ0n) is 11.0. The monoisotopic (exact) mass is 306 g/mol. The molecule has 1 N–H and O–H groups in total. The molecule has 2 unspecified atom stereocenters. The maximum absolute atomic E-state index is 13.2. The Balaban J connectivity index is 2.08. The summed E-state index contributed by atoms with van der Waals surface area (Å²) in [6.07, 6.45) is -3.21. The van der Waals surface area contributed by atoms with E-state index >= 15 is 0 Å². The highest BCUT2D eigenvalue weighted by Crippen LogP contribution is 2.38. The molecule has 0 aliphatic heterocycles. The van der Waals surface area contributed by atoms with E-state index in [0.29, 0.717) is 12.8 Å². The molecule has 0 aromatic heterocycles. The fraction of sp³-hybridized carbons (Fsp3) is 0.538. The predicted octanol–water partition coefficient (Wildman–Crippen LogP) is 4.27. The number of rotatable bonds is 3. The molecular weight excluding hydrogens is 292 g/mol. The number of anilines is 1. The molecule has 1 aromatic carbocycles. The molecule has 8 heteroatoms. The number of hydrogen-bond donors (Lipinski definition) is 1. The van der Waals surface area contributed by atoms with Crippen molar-refractivity contribution < 1.29 is 22.5 Å². The van der Waals surface area contributed by atoms with Crippen LogP contribution in [-0.4, -0.2) is 17.1 Å². The quantitative estimate of drug-likeness (QED) is 0.515. The molecule has 0 heterocycles. The van der Waals surface area contributed by atoms with Gasteiger partial charge in [0.25, 0.3) is 0 Å². The molecule has 2 atom stereocenters. The molecular formula is C13H14F4N2O2. The van der Waals surface area contributed by atoms with Gasteiger partial charge < -0.3 is 5.32 Å². The number of halogens is 4. The Kier molecular flexibility index (Phi) is 4.34. The van der Waals surface area contributed by atoms with Crippen molar-refractivity contribution in [1.82, 2.24) is 0 Å². The number of nitro groups is 1. The Bertz CT molecular complexity index is 533. The third-order valence-corrected chi connectivity index (χ3v) is 3.65. The smallest absolute Gasteiger partial charge is 0.382 e. The molecule has 1 aromatic rings. The van der Waals surface area contributed by atoms with Gasteiger partial charge in [-0.1, -0.05) is 6.42 Å². The minimum absolute atomic E-state index is 0.0747. The number of nitrogens with zero attached hydrogens (tertiary/aromatic N) is 1. The van der Waals surface area contributed by atoms with Crippen molar-refractivity contribution in [2.24, 2.45) is 5.92 Å². The van der Waals surface area contributed by atoms with Crippen LogP contribution in [0.15, 0.2) is 18.2 Å². The van der Waals surface area contributed by atoms with Crippen LogP contribution in [0, 0.1) is 21.8 Å². The normalized spacial score (nSPS) is 22.9. The van der Waals surface area contributed by atoms with Crippen LogP contribution in [0.1, 0.15) is 25.7 Å². The van der Waals surface area contributed by atoms with Crippen LogP contribution in [0.2, 0.25) is 0 Å². The van der Waals surface area contributed by atoms with Gasteiger partial charge in [-0.2, -0.15) is 17.6 Å². The summed E-state index contributed by atoms with van der Waals surface area (Å²) in [4.78, 5) is 9.78. The fourth-order valence-electron chi connectivity index (χ4n) is 2.60. The molecule has 1 saturated carbocycles. The Morgan fingerprint density at radius 2 is 2.00 bits per heavy atom. The van der Waals surface area contributed by atoms with E-state index in [9.17, 15) is 27.7 Å². The highest BCUT2D eigenvalue weighted by atomic mass is 19.4. The molecule has 21 heavy (non-hydrogen) atoms. The number of benzene rings is 1. The minimum atomic E-state index is -4.23. The third kappa shape index (κ3) is 3.83. The van der Waals surface area contributed by atoms with Crippen LogP contribution >= 0.6 is 0 Å². The van der Waals surface area contributed by atoms with Crippen molar-refractivity contribution in [3.63, 3.8) is 0 Å². The van der Waals surface area contributed by atoms with E-state index in [1.54, 1.807) is 0 Å². The maximum atomic E-state index is 13.2. The Hall–Kier alpha value is -1.86. The lowest BCUT2D eigenvalue weighted by atomic mass is 9.85. The summed E-state index contributed by atoms with van der Waals surface area (Å²) in [5, 5.41) is 13.5. The molecule has 0 radical (unpaired) electrons. The summed E-state index contributed by atoms with van der Waals surface area (Å²) in [6, 6.07) is 2.81. The van der Waals surface area contributed by atoms with Crippen molar-refractivity contribution in [2.75, 3.05) is 5.32 Å². The highest BCUT2D eigenvalue weighted by Gasteiger charge is 2.42. The van der Waals surface area contributed by atoms with E-state index in [1.165, 1.54) is 6.07 Å². The lowest BCUT2D eigenvalue weighted by Gasteiger charge is -2.31. The van der Waals surface area contributed by atoms with Crippen molar-refractivity contribution in [2.45, 2.75) is 37.9 Å². The van der Waals surface area contributed by atoms with E-state index in [1.807, 2.05) is 0 Å². The fourth-order valence-corrected chi connectivity index (χ4v) is 2.60. The van der Waals surface area contributed by atoms with E-state index in [4.69, 9.17) is 0 Å². The minimum Gasteiger partial charge on any atom is -0.382 e. The second-order valence-corrected chi connectivity index (χ2v) is 5.17. The van der Waals surface area contributed by atoms with Crippen molar-refractivity contribution in [3.05, 3.63) is 34.1 Å². The molecule has 0 spiro atoms. The Morgan fingerprint density at radius 1 is 1.29 bits per heavy atom. The summed E-state index contributed by atoms with van der Waals surface area (Å²) in [7, 11) is 0. The average Bonchev–Trinajstić information content (AvgIpc) is 2.40. The van der Waals surface area contributed by atoms with E-state index in [-0.39, 0.29) is 18.5 Å². The first kappa shape index (κ1) is 15.5. The number of nitrogens with one attached hydrogen (secondary N) is 1. The number of alkyl halides is 3. The lowest BCUT2D eigenvalue weighted by Crippen LogP contribution is -2.34. The van der Waals surface area contributed by atoms with Gasteiger partial charge in [0.1, 0.15) is 0 Å². The van der Waals surface area contributed by atoms with Gasteiger partial charge in [0, 0.05) is 17.8 Å². The summed E-state index contributed by atoms with van der Waals surface area (Å²) in [5.74, 6) is -2.33. The molecule has 0 amide bonds. The first-order valence-electron chi connectivity index (χ1n) is 6.54. The van der Waals surface area contributed by atoms with Gasteiger partial charge in [-0.05, 0) is 31.4 Å². The molecule has 0 saturated heterocycles.